The van der Waals surface area contributed by atoms with Crippen LogP contribution in [0.4, 0.5) is 0 Å². The van der Waals surface area contributed by atoms with Gasteiger partial charge in [0.1, 0.15) is 5.76 Å². The summed E-state index contributed by atoms with van der Waals surface area (Å²) in [5.41, 5.74) is 1.65. The summed E-state index contributed by atoms with van der Waals surface area (Å²) < 4.78 is 16.4. The number of likely N-dealkylation sites (tertiary alicyclic amines) is 1. The average molecular weight is 357 g/mol. The van der Waals surface area contributed by atoms with Crippen molar-refractivity contribution in [1.82, 2.24) is 4.90 Å². The fraction of sp³-hybridized carbons (Fsp3) is 0.476. The zero-order chi connectivity index (χ0) is 18.9. The number of likely N-dealkylation sites (N-methyl/N-ethyl adjacent to an activating group) is 1. The Bertz CT molecular complexity index is 754. The number of methoxy groups -OCH3 is 2. The molecule has 0 radical (unpaired) electrons. The molecule has 5 heteroatoms. The van der Waals surface area contributed by atoms with Crippen LogP contribution < -0.4 is 9.47 Å². The van der Waals surface area contributed by atoms with Crippen molar-refractivity contribution in [3.05, 3.63) is 47.7 Å². The van der Waals surface area contributed by atoms with Crippen LogP contribution in [0, 0.1) is 0 Å². The van der Waals surface area contributed by atoms with E-state index in [2.05, 4.69) is 36.7 Å². The van der Waals surface area contributed by atoms with Gasteiger partial charge in [-0.2, -0.15) is 0 Å². The molecule has 140 valence electrons. The second-order valence-electron chi connectivity index (χ2n) is 7.20. The van der Waals surface area contributed by atoms with Gasteiger partial charge in [0.05, 0.1) is 14.2 Å². The van der Waals surface area contributed by atoms with Gasteiger partial charge in [0.2, 0.25) is 0 Å². The molecule has 1 aromatic carbocycles. The van der Waals surface area contributed by atoms with Crippen molar-refractivity contribution in [3.63, 3.8) is 0 Å². The predicted octanol–water partition coefficient (Wildman–Crippen LogP) is 3.44. The highest BCUT2D eigenvalue weighted by atomic mass is 16.5. The highest BCUT2D eigenvalue weighted by Crippen LogP contribution is 2.49. The van der Waals surface area contributed by atoms with Crippen LogP contribution in [0.15, 0.2) is 42.2 Å². The van der Waals surface area contributed by atoms with Gasteiger partial charge in [0.25, 0.3) is 0 Å². The number of nitrogens with zero attached hydrogens (tertiary/aromatic N) is 1. The molecular weight excluding hydrogens is 330 g/mol. The Morgan fingerprint density at radius 3 is 2.62 bits per heavy atom. The number of fused-ring (bicyclic) bond motifs is 1. The van der Waals surface area contributed by atoms with E-state index in [0.717, 1.165) is 43.1 Å². The van der Waals surface area contributed by atoms with Crippen molar-refractivity contribution < 1.29 is 19.0 Å². The third kappa shape index (κ3) is 3.12. The van der Waals surface area contributed by atoms with Gasteiger partial charge >= 0.3 is 5.97 Å². The first-order valence-electron chi connectivity index (χ1n) is 8.92. The summed E-state index contributed by atoms with van der Waals surface area (Å²) in [5.74, 6) is 1.87. The minimum absolute atomic E-state index is 0.00652. The predicted molar refractivity (Wildman–Crippen MR) is 100 cm³/mol. The van der Waals surface area contributed by atoms with E-state index >= 15 is 0 Å². The van der Waals surface area contributed by atoms with E-state index in [1.165, 1.54) is 5.56 Å². The summed E-state index contributed by atoms with van der Waals surface area (Å²) in [6, 6.07) is 6.37. The lowest BCUT2D eigenvalue weighted by molar-refractivity contribution is -0.135. The quantitative estimate of drug-likeness (QED) is 0.597. The number of hydrogen-bond donors (Lipinski definition) is 0. The number of benzene rings is 1. The molecule has 2 atom stereocenters. The normalized spacial score (nSPS) is 25.2. The number of allylic oxidation sites excluding steroid dienone is 1. The molecule has 0 bridgehead atoms. The lowest BCUT2D eigenvalue weighted by Crippen LogP contribution is -2.42. The van der Waals surface area contributed by atoms with Gasteiger partial charge < -0.3 is 14.2 Å². The van der Waals surface area contributed by atoms with Crippen molar-refractivity contribution in [1.29, 1.82) is 0 Å². The van der Waals surface area contributed by atoms with Crippen molar-refractivity contribution in [3.8, 4) is 11.5 Å². The third-order valence-electron chi connectivity index (χ3n) is 5.64. The van der Waals surface area contributed by atoms with E-state index in [1.54, 1.807) is 21.1 Å². The zero-order valence-corrected chi connectivity index (χ0v) is 16.0. The van der Waals surface area contributed by atoms with Crippen LogP contribution in [-0.2, 0) is 14.9 Å². The Morgan fingerprint density at radius 2 is 1.96 bits per heavy atom. The van der Waals surface area contributed by atoms with E-state index in [0.29, 0.717) is 5.57 Å². The zero-order valence-electron chi connectivity index (χ0n) is 16.0. The summed E-state index contributed by atoms with van der Waals surface area (Å²) in [4.78, 5) is 14.2. The molecule has 0 amide bonds. The molecule has 2 aliphatic rings. The Labute approximate surface area is 155 Å². The highest BCUT2D eigenvalue weighted by molar-refractivity contribution is 5.87. The van der Waals surface area contributed by atoms with Crippen molar-refractivity contribution >= 4 is 5.97 Å². The minimum Gasteiger partial charge on any atom is -0.493 e. The molecule has 1 saturated heterocycles. The van der Waals surface area contributed by atoms with Gasteiger partial charge in [-0.1, -0.05) is 12.6 Å². The first-order valence-corrected chi connectivity index (χ1v) is 8.92. The lowest BCUT2D eigenvalue weighted by Gasteiger charge is -2.40. The second kappa shape index (κ2) is 7.16. The number of carbonyl (C=O) groups is 1. The molecule has 2 unspecified atom stereocenters. The van der Waals surface area contributed by atoms with Crippen LogP contribution >= 0.6 is 0 Å². The van der Waals surface area contributed by atoms with Gasteiger partial charge in [0.15, 0.2) is 11.5 Å². The number of ether oxygens (including phenoxy) is 3. The Balaban J connectivity index is 1.95. The van der Waals surface area contributed by atoms with Gasteiger partial charge in [-0.15, -0.1) is 0 Å². The molecule has 5 nitrogen and oxygen atoms in total. The molecule has 1 aliphatic carbocycles. The van der Waals surface area contributed by atoms with E-state index in [-0.39, 0.29) is 17.4 Å². The standard InChI is InChI=1S/C21H27NO4/c1-14(2)20(23)26-16-8-9-21(10-11-22(3)19(21)13-16)15-6-7-17(24-4)18(12-15)25-5/h6-7,12-13,19H,1,8-11H2,2-5H3. The molecule has 0 saturated carbocycles. The van der Waals surface area contributed by atoms with Gasteiger partial charge in [-0.3, -0.25) is 4.90 Å². The van der Waals surface area contributed by atoms with Crippen molar-refractivity contribution in [2.24, 2.45) is 0 Å². The van der Waals surface area contributed by atoms with E-state index in [4.69, 9.17) is 14.2 Å². The Kier molecular flexibility index (Phi) is 5.10. The van der Waals surface area contributed by atoms with E-state index in [9.17, 15) is 4.79 Å². The molecule has 1 heterocycles. The van der Waals surface area contributed by atoms with E-state index in [1.807, 2.05) is 6.07 Å². The maximum Gasteiger partial charge on any atom is 0.338 e. The number of esters is 1. The average Bonchev–Trinajstić information content (AvgIpc) is 2.98. The Morgan fingerprint density at radius 1 is 1.23 bits per heavy atom. The summed E-state index contributed by atoms with van der Waals surface area (Å²) in [6.07, 6.45) is 4.82. The number of rotatable bonds is 5. The smallest absolute Gasteiger partial charge is 0.338 e. The van der Waals surface area contributed by atoms with Crippen LogP contribution in [0.25, 0.3) is 0 Å². The third-order valence-corrected chi connectivity index (χ3v) is 5.64. The fourth-order valence-electron chi connectivity index (χ4n) is 4.15. The maximum atomic E-state index is 11.9. The van der Waals surface area contributed by atoms with E-state index < -0.39 is 0 Å². The van der Waals surface area contributed by atoms with Crippen molar-refractivity contribution in [2.45, 2.75) is 37.6 Å². The minimum atomic E-state index is -0.351. The number of hydrogen-bond acceptors (Lipinski definition) is 5. The molecular formula is C21H27NO4. The maximum absolute atomic E-state index is 11.9. The molecule has 0 spiro atoms. The summed E-state index contributed by atoms with van der Waals surface area (Å²) in [5, 5.41) is 0. The van der Waals surface area contributed by atoms with Crippen LogP contribution in [0.5, 0.6) is 11.5 Å². The van der Waals surface area contributed by atoms with Crippen LogP contribution in [0.3, 0.4) is 0 Å². The van der Waals surface area contributed by atoms with Gasteiger partial charge in [-0.05, 0) is 57.1 Å². The first-order chi connectivity index (χ1) is 12.4. The number of carbonyl (C=O) groups excluding carboxylic acids is 1. The molecule has 26 heavy (non-hydrogen) atoms. The monoisotopic (exact) mass is 357 g/mol. The molecule has 0 aromatic heterocycles. The molecule has 1 aliphatic heterocycles. The molecule has 3 rings (SSSR count). The lowest BCUT2D eigenvalue weighted by atomic mass is 9.68. The van der Waals surface area contributed by atoms with Crippen LogP contribution in [0.1, 0.15) is 31.7 Å². The second-order valence-corrected chi connectivity index (χ2v) is 7.20. The molecule has 1 fully saturated rings. The van der Waals surface area contributed by atoms with Crippen LogP contribution in [0.2, 0.25) is 0 Å². The fourth-order valence-corrected chi connectivity index (χ4v) is 4.15. The largest absolute Gasteiger partial charge is 0.493 e. The summed E-state index contributed by atoms with van der Waals surface area (Å²) in [7, 11) is 5.42. The highest BCUT2D eigenvalue weighted by Gasteiger charge is 2.48. The first kappa shape index (κ1) is 18.5. The Hall–Kier alpha value is -2.27. The molecule has 1 aromatic rings. The van der Waals surface area contributed by atoms with Gasteiger partial charge in [-0.25, -0.2) is 4.79 Å². The van der Waals surface area contributed by atoms with Gasteiger partial charge in [0, 0.05) is 23.5 Å². The topological polar surface area (TPSA) is 48.0 Å². The van der Waals surface area contributed by atoms with Crippen molar-refractivity contribution in [2.75, 3.05) is 27.8 Å². The van der Waals surface area contributed by atoms with Crippen LogP contribution in [-0.4, -0.2) is 44.7 Å². The molecule has 0 N–H and O–H groups in total. The summed E-state index contributed by atoms with van der Waals surface area (Å²) >= 11 is 0. The SMILES string of the molecule is C=C(C)C(=O)OC1=CC2N(C)CCC2(c2ccc(OC)c(OC)c2)CC1. The summed E-state index contributed by atoms with van der Waals surface area (Å²) in [6.45, 7) is 6.33.